The normalized spacial score (nSPS) is 18.3. The van der Waals surface area contributed by atoms with E-state index in [1.54, 1.807) is 6.92 Å². The van der Waals surface area contributed by atoms with E-state index in [1.807, 2.05) is 13.8 Å². The lowest BCUT2D eigenvalue weighted by atomic mass is 9.74. The average Bonchev–Trinajstić information content (AvgIpc) is 3.69. The van der Waals surface area contributed by atoms with Gasteiger partial charge in [-0.25, -0.2) is 0 Å². The Labute approximate surface area is 301 Å². The zero-order chi connectivity index (χ0) is 36.5. The number of nitrogens with zero attached hydrogens (tertiary/aromatic N) is 3. The lowest BCUT2D eigenvalue weighted by Crippen LogP contribution is -2.44. The molecule has 2 unspecified atom stereocenters. The summed E-state index contributed by atoms with van der Waals surface area (Å²) in [4.78, 5) is 77.7. The van der Waals surface area contributed by atoms with Crippen LogP contribution in [-0.4, -0.2) is 32.4 Å². The van der Waals surface area contributed by atoms with Crippen LogP contribution in [0.4, 0.5) is 0 Å². The zero-order valence-corrected chi connectivity index (χ0v) is 31.3. The van der Waals surface area contributed by atoms with Gasteiger partial charge in [0.1, 0.15) is 0 Å². The lowest BCUT2D eigenvalue weighted by molar-refractivity contribution is -0.136. The Balaban J connectivity index is 1.03. The van der Waals surface area contributed by atoms with Crippen LogP contribution in [0.3, 0.4) is 0 Å². The van der Waals surface area contributed by atoms with Gasteiger partial charge in [-0.05, 0) is 56.6 Å². The number of aromatic nitrogens is 2. The van der Waals surface area contributed by atoms with Crippen molar-refractivity contribution in [2.24, 2.45) is 11.8 Å². The minimum absolute atomic E-state index is 0.177. The van der Waals surface area contributed by atoms with Crippen LogP contribution < -0.4 is 22.2 Å². The molecular weight excluding hydrogens is 642 g/mol. The van der Waals surface area contributed by atoms with E-state index in [0.29, 0.717) is 19.4 Å². The van der Waals surface area contributed by atoms with Gasteiger partial charge in [0.15, 0.2) is 0 Å². The van der Waals surface area contributed by atoms with Crippen molar-refractivity contribution in [3.8, 4) is 0 Å². The molecule has 2 atom stereocenters. The van der Waals surface area contributed by atoms with E-state index in [0.717, 1.165) is 61.3 Å². The van der Waals surface area contributed by atoms with Crippen LogP contribution in [-0.2, 0) is 21.7 Å². The minimum Gasteiger partial charge on any atom is -0.275 e. The first-order chi connectivity index (χ1) is 24.7. The van der Waals surface area contributed by atoms with Gasteiger partial charge in [-0.15, -0.1) is 0 Å². The topological polar surface area (TPSA) is 116 Å². The van der Waals surface area contributed by atoms with Crippen molar-refractivity contribution in [2.75, 3.05) is 6.54 Å². The molecule has 2 aliphatic rings. The maximum atomic E-state index is 13.7. The zero-order valence-electron chi connectivity index (χ0n) is 31.3. The number of rotatable bonds is 21. The van der Waals surface area contributed by atoms with Gasteiger partial charge in [0.25, 0.3) is 34.1 Å². The summed E-state index contributed by atoms with van der Waals surface area (Å²) in [6, 6.07) is 2.95. The van der Waals surface area contributed by atoms with E-state index < -0.39 is 16.7 Å². The summed E-state index contributed by atoms with van der Waals surface area (Å²) in [5.41, 5.74) is -2.07. The van der Waals surface area contributed by atoms with Crippen LogP contribution in [0.5, 0.6) is 0 Å². The second-order valence-corrected chi connectivity index (χ2v) is 15.4. The Hall–Kier alpha value is -3.62. The molecule has 0 spiro atoms. The molecule has 1 aliphatic carbocycles. The molecule has 9 heteroatoms. The minimum atomic E-state index is -0.581. The molecule has 2 amide bonds. The summed E-state index contributed by atoms with van der Waals surface area (Å²) in [7, 11) is 0. The number of unbranched alkanes of at least 4 members (excludes halogenated alkanes) is 9. The molecule has 1 aromatic carbocycles. The fourth-order valence-electron chi connectivity index (χ4n) is 9.24. The molecular formula is C42H59N3O6. The second-order valence-electron chi connectivity index (χ2n) is 15.4. The van der Waals surface area contributed by atoms with E-state index in [1.165, 1.54) is 104 Å². The van der Waals surface area contributed by atoms with Gasteiger partial charge in [0, 0.05) is 25.2 Å². The van der Waals surface area contributed by atoms with Crippen molar-refractivity contribution in [2.45, 2.75) is 161 Å². The molecule has 3 heterocycles. The molecule has 9 nitrogen and oxygen atoms in total. The number of carbonyl (C=O) groups is 2. The number of imide groups is 1. The summed E-state index contributed by atoms with van der Waals surface area (Å²) >= 11 is 0. The van der Waals surface area contributed by atoms with Gasteiger partial charge in [0.2, 0.25) is 0 Å². The molecule has 2 aromatic heterocycles. The standard InChI is InChI=1S/C42H59N3O6/c1-4-42(5-2,45-40(50)34-28-32-33(29-35(34)41(45)51)39(49)43(6-3)38(32)48)26-18-12-9-11-15-21-31-23-17-16-22-30(31)20-14-10-7-8-13-19-27-44-36(46)24-25-37(44)47/h24-25,28-31H,4-23,26-27H2,1-3H3. The van der Waals surface area contributed by atoms with Gasteiger partial charge in [0.05, 0.1) is 27.1 Å². The first kappa shape index (κ1) is 38.6. The first-order valence-electron chi connectivity index (χ1n) is 20.1. The maximum absolute atomic E-state index is 13.7. The van der Waals surface area contributed by atoms with Crippen LogP contribution in [0.1, 0.15) is 149 Å². The maximum Gasteiger partial charge on any atom is 0.262 e. The fraction of sp³-hybridized carbons (Fsp3) is 0.667. The highest BCUT2D eigenvalue weighted by molar-refractivity contribution is 6.12. The molecule has 0 radical (unpaired) electrons. The van der Waals surface area contributed by atoms with Gasteiger partial charge in [-0.1, -0.05) is 117 Å². The van der Waals surface area contributed by atoms with Crippen molar-refractivity contribution in [1.29, 1.82) is 0 Å². The average molecular weight is 702 g/mol. The Bertz CT molecular complexity index is 1810. The summed E-state index contributed by atoms with van der Waals surface area (Å²) in [6.45, 7) is 6.61. The van der Waals surface area contributed by atoms with E-state index >= 15 is 0 Å². The molecule has 3 aromatic rings. The molecule has 0 saturated heterocycles. The third-order valence-electron chi connectivity index (χ3n) is 12.5. The summed E-state index contributed by atoms with van der Waals surface area (Å²) in [5.74, 6) is 1.35. The Morgan fingerprint density at radius 3 is 1.47 bits per heavy atom. The quantitative estimate of drug-likeness (QED) is 0.0833. The predicted molar refractivity (Wildman–Crippen MR) is 205 cm³/mol. The molecule has 0 N–H and O–H groups in total. The number of benzene rings is 1. The molecule has 1 saturated carbocycles. The van der Waals surface area contributed by atoms with Gasteiger partial charge in [-0.2, -0.15) is 0 Å². The monoisotopic (exact) mass is 701 g/mol. The van der Waals surface area contributed by atoms with Gasteiger partial charge in [-0.3, -0.25) is 42.8 Å². The predicted octanol–water partition coefficient (Wildman–Crippen LogP) is 7.64. The largest absolute Gasteiger partial charge is 0.275 e. The van der Waals surface area contributed by atoms with Crippen LogP contribution in [0, 0.1) is 11.8 Å². The molecule has 51 heavy (non-hydrogen) atoms. The number of amides is 2. The molecule has 5 rings (SSSR count). The SMILES string of the molecule is CCn1c(=O)c2cc3c(=O)n(C(CC)(CC)CCCCCCCC4CCCCC4CCCCCCCCN4C(=O)C=CC4=O)c(=O)c3cc2c1=O. The third-order valence-corrected chi connectivity index (χ3v) is 12.5. The van der Waals surface area contributed by atoms with E-state index in [9.17, 15) is 28.8 Å². The smallest absolute Gasteiger partial charge is 0.262 e. The van der Waals surface area contributed by atoms with E-state index in [4.69, 9.17) is 0 Å². The third kappa shape index (κ3) is 8.38. The molecule has 1 fully saturated rings. The number of hydrogen-bond acceptors (Lipinski definition) is 6. The lowest BCUT2D eigenvalue weighted by Gasteiger charge is -2.32. The van der Waals surface area contributed by atoms with E-state index in [-0.39, 0.29) is 51.0 Å². The summed E-state index contributed by atoms with van der Waals surface area (Å²) in [5, 5.41) is 0.921. The van der Waals surface area contributed by atoms with Crippen LogP contribution >= 0.6 is 0 Å². The molecule has 278 valence electrons. The number of carbonyl (C=O) groups excluding carboxylic acids is 2. The highest BCUT2D eigenvalue weighted by atomic mass is 16.2. The number of fused-ring (bicyclic) bond motifs is 2. The van der Waals surface area contributed by atoms with Crippen molar-refractivity contribution < 1.29 is 9.59 Å². The summed E-state index contributed by atoms with van der Waals surface area (Å²) in [6.07, 6.45) is 25.5. The van der Waals surface area contributed by atoms with Gasteiger partial charge < -0.3 is 0 Å². The highest BCUT2D eigenvalue weighted by Crippen LogP contribution is 2.37. The van der Waals surface area contributed by atoms with Crippen LogP contribution in [0.25, 0.3) is 21.5 Å². The van der Waals surface area contributed by atoms with Crippen molar-refractivity contribution in [3.63, 3.8) is 0 Å². The fourth-order valence-corrected chi connectivity index (χ4v) is 9.24. The Morgan fingerprint density at radius 1 is 0.569 bits per heavy atom. The van der Waals surface area contributed by atoms with Crippen molar-refractivity contribution in [1.82, 2.24) is 14.0 Å². The van der Waals surface area contributed by atoms with Crippen LogP contribution in [0.2, 0.25) is 0 Å². The van der Waals surface area contributed by atoms with Crippen LogP contribution in [0.15, 0.2) is 43.5 Å². The first-order valence-corrected chi connectivity index (χ1v) is 20.1. The highest BCUT2D eigenvalue weighted by Gasteiger charge is 2.33. The Morgan fingerprint density at radius 2 is 1.00 bits per heavy atom. The van der Waals surface area contributed by atoms with Crippen molar-refractivity contribution in [3.05, 3.63) is 65.7 Å². The number of hydrogen-bond donors (Lipinski definition) is 0. The molecule has 0 bridgehead atoms. The molecule has 1 aliphatic heterocycles. The summed E-state index contributed by atoms with van der Waals surface area (Å²) < 4.78 is 2.60. The Kier molecular flexibility index (Phi) is 13.4. The van der Waals surface area contributed by atoms with Gasteiger partial charge >= 0.3 is 0 Å². The second kappa shape index (κ2) is 17.7. The van der Waals surface area contributed by atoms with E-state index in [2.05, 4.69) is 0 Å². The van der Waals surface area contributed by atoms with Crippen molar-refractivity contribution >= 4 is 33.4 Å².